The molecule has 0 saturated heterocycles. The first-order valence-corrected chi connectivity index (χ1v) is 9.54. The summed E-state index contributed by atoms with van der Waals surface area (Å²) in [5.41, 5.74) is 4.89. The number of hydrogen-bond donors (Lipinski definition) is 2. The molecule has 0 unspecified atom stereocenters. The van der Waals surface area contributed by atoms with E-state index in [1.807, 2.05) is 60.1 Å². The minimum atomic E-state index is -0.263. The van der Waals surface area contributed by atoms with Crippen molar-refractivity contribution in [1.82, 2.24) is 9.97 Å². The molecule has 0 atom stereocenters. The fourth-order valence-corrected chi connectivity index (χ4v) is 3.55. The van der Waals surface area contributed by atoms with Crippen molar-refractivity contribution in [2.45, 2.75) is 20.0 Å². The molecule has 0 aliphatic rings. The number of benzene rings is 2. The quantitative estimate of drug-likeness (QED) is 0.466. The van der Waals surface area contributed by atoms with Crippen molar-refractivity contribution in [3.63, 3.8) is 0 Å². The molecule has 0 bridgehead atoms. The number of thiazole rings is 1. The summed E-state index contributed by atoms with van der Waals surface area (Å²) in [4.78, 5) is 19.8. The van der Waals surface area contributed by atoms with Gasteiger partial charge in [-0.25, -0.2) is 4.98 Å². The van der Waals surface area contributed by atoms with Crippen LogP contribution >= 0.6 is 11.3 Å². The molecule has 2 aromatic heterocycles. The molecule has 2 heterocycles. The number of carbonyl (C=O) groups excluding carboxylic acids is 1. The van der Waals surface area contributed by atoms with Crippen molar-refractivity contribution in [1.29, 1.82) is 0 Å². The first-order valence-electron chi connectivity index (χ1n) is 8.66. The normalized spacial score (nSPS) is 10.9. The zero-order valence-electron chi connectivity index (χ0n) is 14.9. The van der Waals surface area contributed by atoms with Gasteiger partial charge >= 0.3 is 5.97 Å². The Bertz CT molecular complexity index is 1070. The highest BCUT2D eigenvalue weighted by molar-refractivity contribution is 7.13. The number of nitrogens with zero attached hydrogens (tertiary/aromatic N) is 1. The number of aromatic nitrogens is 2. The summed E-state index contributed by atoms with van der Waals surface area (Å²) in [6.07, 6.45) is 2.10. The van der Waals surface area contributed by atoms with Crippen molar-refractivity contribution in [3.8, 4) is 0 Å². The average molecular weight is 377 g/mol. The number of esters is 1. The second kappa shape index (κ2) is 7.63. The summed E-state index contributed by atoms with van der Waals surface area (Å²) in [6.45, 7) is 2.23. The summed E-state index contributed by atoms with van der Waals surface area (Å²) in [5.74, 6) is -0.263. The molecule has 6 heteroatoms. The molecule has 2 N–H and O–H groups in total. The van der Waals surface area contributed by atoms with Gasteiger partial charge in [0, 0.05) is 28.2 Å². The summed E-state index contributed by atoms with van der Waals surface area (Å²) >= 11 is 1.49. The zero-order valence-corrected chi connectivity index (χ0v) is 15.7. The smallest absolute Gasteiger partial charge is 0.310 e. The van der Waals surface area contributed by atoms with Crippen LogP contribution in [-0.4, -0.2) is 15.9 Å². The van der Waals surface area contributed by atoms with Crippen LogP contribution in [0.1, 0.15) is 16.8 Å². The molecule has 0 fully saturated rings. The van der Waals surface area contributed by atoms with E-state index in [2.05, 4.69) is 22.2 Å². The van der Waals surface area contributed by atoms with Crippen molar-refractivity contribution < 1.29 is 9.53 Å². The number of carbonyl (C=O) groups is 1. The number of aryl methyl sites for hydroxylation is 1. The number of ether oxygens (including phenoxy) is 1. The summed E-state index contributed by atoms with van der Waals surface area (Å²) in [5, 5.41) is 6.98. The fraction of sp³-hybridized carbons (Fsp3) is 0.143. The molecule has 0 aliphatic carbocycles. The monoisotopic (exact) mass is 377 g/mol. The molecule has 2 aromatic carbocycles. The number of nitrogens with one attached hydrogen (secondary N) is 2. The molecule has 27 heavy (non-hydrogen) atoms. The van der Waals surface area contributed by atoms with Crippen LogP contribution in [0.3, 0.4) is 0 Å². The first-order chi connectivity index (χ1) is 13.2. The molecule has 0 saturated carbocycles. The lowest BCUT2D eigenvalue weighted by atomic mass is 10.1. The highest BCUT2D eigenvalue weighted by Gasteiger charge is 2.11. The van der Waals surface area contributed by atoms with E-state index in [9.17, 15) is 4.79 Å². The molecule has 0 aliphatic heterocycles. The van der Waals surface area contributed by atoms with Gasteiger partial charge in [-0.05, 0) is 30.7 Å². The Morgan fingerprint density at radius 3 is 2.85 bits per heavy atom. The van der Waals surface area contributed by atoms with Gasteiger partial charge in [0.2, 0.25) is 0 Å². The van der Waals surface area contributed by atoms with E-state index in [4.69, 9.17) is 4.74 Å². The Morgan fingerprint density at radius 1 is 1.19 bits per heavy atom. The molecule has 4 rings (SSSR count). The number of fused-ring (bicyclic) bond motifs is 1. The number of para-hydroxylation sites is 1. The highest BCUT2D eigenvalue weighted by Crippen LogP contribution is 2.22. The van der Waals surface area contributed by atoms with Crippen LogP contribution in [0.5, 0.6) is 0 Å². The summed E-state index contributed by atoms with van der Waals surface area (Å²) in [7, 11) is 0. The maximum absolute atomic E-state index is 12.2. The van der Waals surface area contributed by atoms with E-state index >= 15 is 0 Å². The highest BCUT2D eigenvalue weighted by atomic mass is 32.1. The lowest BCUT2D eigenvalue weighted by Gasteiger charge is -2.03. The van der Waals surface area contributed by atoms with Crippen LogP contribution in [0.4, 0.5) is 10.8 Å². The number of hydrogen-bond acceptors (Lipinski definition) is 5. The lowest BCUT2D eigenvalue weighted by molar-refractivity contribution is -0.144. The number of H-pyrrole nitrogens is 1. The van der Waals surface area contributed by atoms with Gasteiger partial charge in [0.15, 0.2) is 5.13 Å². The van der Waals surface area contributed by atoms with Crippen molar-refractivity contribution in [2.75, 3.05) is 5.32 Å². The van der Waals surface area contributed by atoms with Gasteiger partial charge in [-0.3, -0.25) is 4.79 Å². The third-order valence-corrected chi connectivity index (χ3v) is 5.05. The second-order valence-corrected chi connectivity index (χ2v) is 7.19. The number of anilines is 2. The third-order valence-electron chi connectivity index (χ3n) is 4.25. The Kier molecular flexibility index (Phi) is 4.89. The molecule has 4 aromatic rings. The Hall–Kier alpha value is -3.12. The van der Waals surface area contributed by atoms with Gasteiger partial charge in [0.05, 0.1) is 12.1 Å². The predicted octanol–water partition coefficient (Wildman–Crippen LogP) is 4.96. The van der Waals surface area contributed by atoms with Crippen LogP contribution in [0, 0.1) is 6.92 Å². The maximum Gasteiger partial charge on any atom is 0.310 e. The molecular formula is C21H19N3O2S. The Balaban J connectivity index is 1.33. The van der Waals surface area contributed by atoms with Crippen molar-refractivity contribution in [3.05, 3.63) is 76.9 Å². The fourth-order valence-electron chi connectivity index (χ4n) is 2.83. The largest absolute Gasteiger partial charge is 0.459 e. The van der Waals surface area contributed by atoms with Gasteiger partial charge in [0.1, 0.15) is 6.61 Å². The van der Waals surface area contributed by atoms with Gasteiger partial charge in [-0.1, -0.05) is 35.9 Å². The predicted molar refractivity (Wildman–Crippen MR) is 108 cm³/mol. The molecule has 136 valence electrons. The molecule has 5 nitrogen and oxygen atoms in total. The minimum absolute atomic E-state index is 0.174. The van der Waals surface area contributed by atoms with E-state index in [-0.39, 0.29) is 19.0 Å². The summed E-state index contributed by atoms with van der Waals surface area (Å²) < 4.78 is 5.39. The van der Waals surface area contributed by atoms with E-state index < -0.39 is 0 Å². The van der Waals surface area contributed by atoms with E-state index in [0.29, 0.717) is 0 Å². The second-order valence-electron chi connectivity index (χ2n) is 6.33. The third kappa shape index (κ3) is 4.17. The van der Waals surface area contributed by atoms with Crippen LogP contribution in [0.15, 0.2) is 60.1 Å². The lowest BCUT2D eigenvalue weighted by Crippen LogP contribution is -2.08. The van der Waals surface area contributed by atoms with Crippen LogP contribution < -0.4 is 5.32 Å². The molecular weight excluding hydrogens is 358 g/mol. The van der Waals surface area contributed by atoms with Crippen molar-refractivity contribution >= 4 is 39.0 Å². The SMILES string of the molecule is Cc1ccc(Nc2nc(COC(=O)Cc3c[nH]c4ccccc34)cs2)cc1. The topological polar surface area (TPSA) is 67.0 Å². The number of rotatable bonds is 6. The summed E-state index contributed by atoms with van der Waals surface area (Å²) in [6, 6.07) is 16.0. The van der Waals surface area contributed by atoms with Crippen molar-refractivity contribution in [2.24, 2.45) is 0 Å². The van der Waals surface area contributed by atoms with Gasteiger partial charge < -0.3 is 15.0 Å². The van der Waals surface area contributed by atoms with Crippen LogP contribution in [0.25, 0.3) is 10.9 Å². The van der Waals surface area contributed by atoms with Gasteiger partial charge in [0.25, 0.3) is 0 Å². The Morgan fingerprint density at radius 2 is 2.00 bits per heavy atom. The molecule has 0 spiro atoms. The van der Waals surface area contributed by atoms with Gasteiger partial charge in [-0.2, -0.15) is 0 Å². The maximum atomic E-state index is 12.2. The van der Waals surface area contributed by atoms with E-state index in [1.54, 1.807) is 0 Å². The zero-order chi connectivity index (χ0) is 18.6. The molecule has 0 radical (unpaired) electrons. The Labute approximate surface area is 161 Å². The van der Waals surface area contributed by atoms with E-state index in [1.165, 1.54) is 16.9 Å². The van der Waals surface area contributed by atoms with Crippen LogP contribution in [0.2, 0.25) is 0 Å². The van der Waals surface area contributed by atoms with Gasteiger partial charge in [-0.15, -0.1) is 11.3 Å². The average Bonchev–Trinajstić information content (AvgIpc) is 3.29. The number of aromatic amines is 1. The van der Waals surface area contributed by atoms with Crippen LogP contribution in [-0.2, 0) is 22.6 Å². The van der Waals surface area contributed by atoms with E-state index in [0.717, 1.165) is 33.0 Å². The molecule has 0 amide bonds. The first kappa shape index (κ1) is 17.3. The minimum Gasteiger partial charge on any atom is -0.459 e. The standard InChI is InChI=1S/C21H19N3O2S/c1-14-6-8-16(9-7-14)23-21-24-17(13-27-21)12-26-20(25)10-15-11-22-19-5-3-2-4-18(15)19/h2-9,11,13,22H,10,12H2,1H3,(H,23,24).